The first-order valence-electron chi connectivity index (χ1n) is 12.6. The number of benzene rings is 1. The van der Waals surface area contributed by atoms with Crippen LogP contribution in [-0.2, 0) is 0 Å². The lowest BCUT2D eigenvalue weighted by Gasteiger charge is -2.35. The first kappa shape index (κ1) is 25.1. The summed E-state index contributed by atoms with van der Waals surface area (Å²) < 4.78 is 28.8. The summed E-state index contributed by atoms with van der Waals surface area (Å²) in [7, 11) is 2.12. The van der Waals surface area contributed by atoms with Gasteiger partial charge in [-0.3, -0.25) is 4.90 Å². The predicted octanol–water partition coefficient (Wildman–Crippen LogP) is 2.42. The van der Waals surface area contributed by atoms with Crippen LogP contribution in [-0.4, -0.2) is 95.5 Å². The lowest BCUT2D eigenvalue weighted by molar-refractivity contribution is 0.284. The van der Waals surface area contributed by atoms with E-state index < -0.39 is 11.6 Å². The molecule has 4 heterocycles. The van der Waals surface area contributed by atoms with Crippen molar-refractivity contribution in [1.82, 2.24) is 29.5 Å². The smallest absolute Gasteiger partial charge is 0.254 e. The first-order valence-corrected chi connectivity index (χ1v) is 12.6. The fourth-order valence-electron chi connectivity index (χ4n) is 4.75. The molecular formula is C26H33F2N9. The van der Waals surface area contributed by atoms with Crippen LogP contribution in [0.5, 0.6) is 0 Å². The summed E-state index contributed by atoms with van der Waals surface area (Å²) in [4.78, 5) is 18.0. The number of aryl methyl sites for hydroxylation is 1. The Morgan fingerprint density at radius 1 is 0.865 bits per heavy atom. The summed E-state index contributed by atoms with van der Waals surface area (Å²) in [5, 5.41) is 4.70. The van der Waals surface area contributed by atoms with Crippen LogP contribution in [0, 0.1) is 18.6 Å². The van der Waals surface area contributed by atoms with Gasteiger partial charge in [-0.05, 0) is 38.2 Å². The van der Waals surface area contributed by atoms with Gasteiger partial charge >= 0.3 is 0 Å². The van der Waals surface area contributed by atoms with Crippen LogP contribution in [0.4, 0.5) is 26.1 Å². The minimum absolute atomic E-state index is 0.422. The monoisotopic (exact) mass is 509 g/mol. The fourth-order valence-corrected chi connectivity index (χ4v) is 4.75. The quantitative estimate of drug-likeness (QED) is 0.543. The van der Waals surface area contributed by atoms with Crippen LogP contribution in [0.25, 0.3) is 12.0 Å². The van der Waals surface area contributed by atoms with Gasteiger partial charge in [-0.2, -0.15) is 15.1 Å². The highest BCUT2D eigenvalue weighted by Gasteiger charge is 2.19. The van der Waals surface area contributed by atoms with E-state index in [1.54, 1.807) is 4.68 Å². The summed E-state index contributed by atoms with van der Waals surface area (Å²) in [5.41, 5.74) is 8.45. The summed E-state index contributed by atoms with van der Waals surface area (Å²) >= 11 is 0. The molecule has 2 aliphatic heterocycles. The summed E-state index contributed by atoms with van der Waals surface area (Å²) in [5.74, 6) is 0.619. The molecule has 2 saturated heterocycles. The maximum Gasteiger partial charge on any atom is 0.254 e. The lowest BCUT2D eigenvalue weighted by Crippen LogP contribution is -2.46. The van der Waals surface area contributed by atoms with Crippen molar-refractivity contribution in [2.24, 2.45) is 0 Å². The van der Waals surface area contributed by atoms with E-state index in [0.717, 1.165) is 69.1 Å². The molecule has 0 radical (unpaired) electrons. The van der Waals surface area contributed by atoms with E-state index in [0.29, 0.717) is 30.5 Å². The first-order chi connectivity index (χ1) is 17.8. The average Bonchev–Trinajstić information content (AvgIpc) is 3.24. The van der Waals surface area contributed by atoms with Crippen molar-refractivity contribution in [2.45, 2.75) is 6.92 Å². The minimum atomic E-state index is -0.547. The molecule has 2 aromatic heterocycles. The van der Waals surface area contributed by atoms with Crippen molar-refractivity contribution >= 4 is 23.4 Å². The van der Waals surface area contributed by atoms with Gasteiger partial charge in [-0.1, -0.05) is 6.08 Å². The molecule has 0 unspecified atom stereocenters. The number of anilines is 3. The number of piperazine rings is 2. The molecule has 0 atom stereocenters. The average molecular weight is 510 g/mol. The highest BCUT2D eigenvalue weighted by atomic mass is 19.1. The molecule has 0 saturated carbocycles. The standard InChI is InChI=1S/C26H33F2N9/c1-19-14-22(4-3-5-34-8-12-35(13-9-34)23-16-20(27)15-21(28)17-23)32-37(19)26-30-24(29)18-25(31-26)36-10-6-33(2)7-11-36/h3-4,14-18H,5-13H2,1-2H3,(H2,29,30,31)/b4-3+. The van der Waals surface area contributed by atoms with Crippen LogP contribution in [0.2, 0.25) is 0 Å². The molecule has 1 aromatic carbocycles. The zero-order valence-corrected chi connectivity index (χ0v) is 21.3. The van der Waals surface area contributed by atoms with Crippen molar-refractivity contribution < 1.29 is 8.78 Å². The lowest BCUT2D eigenvalue weighted by atomic mass is 10.2. The molecule has 3 aromatic rings. The molecule has 11 heteroatoms. The molecule has 2 aliphatic rings. The number of halogens is 2. The number of nitrogens with two attached hydrogens (primary N) is 1. The van der Waals surface area contributed by atoms with Gasteiger partial charge in [-0.25, -0.2) is 13.5 Å². The second-order valence-corrected chi connectivity index (χ2v) is 9.68. The maximum atomic E-state index is 13.6. The topological polar surface area (TPSA) is 82.6 Å². The van der Waals surface area contributed by atoms with Crippen LogP contribution in [0.3, 0.4) is 0 Å². The van der Waals surface area contributed by atoms with Crippen molar-refractivity contribution in [1.29, 1.82) is 0 Å². The molecule has 2 fully saturated rings. The van der Waals surface area contributed by atoms with Crippen molar-refractivity contribution in [3.05, 3.63) is 59.4 Å². The van der Waals surface area contributed by atoms with Crippen LogP contribution >= 0.6 is 0 Å². The van der Waals surface area contributed by atoms with E-state index >= 15 is 0 Å². The third-order valence-corrected chi connectivity index (χ3v) is 6.88. The summed E-state index contributed by atoms with van der Waals surface area (Å²) in [6.07, 6.45) is 4.07. The normalized spacial score (nSPS) is 17.7. The zero-order chi connectivity index (χ0) is 25.9. The van der Waals surface area contributed by atoms with Gasteiger partial charge < -0.3 is 20.4 Å². The molecule has 37 heavy (non-hydrogen) atoms. The number of hydrogen-bond acceptors (Lipinski definition) is 8. The van der Waals surface area contributed by atoms with Crippen LogP contribution < -0.4 is 15.5 Å². The number of rotatable bonds is 6. The van der Waals surface area contributed by atoms with E-state index in [1.165, 1.54) is 12.1 Å². The third-order valence-electron chi connectivity index (χ3n) is 6.88. The molecule has 196 valence electrons. The number of nitrogens with zero attached hydrogens (tertiary/aromatic N) is 8. The zero-order valence-electron chi connectivity index (χ0n) is 21.3. The Bertz CT molecular complexity index is 1240. The van der Waals surface area contributed by atoms with Gasteiger partial charge in [0.25, 0.3) is 5.95 Å². The van der Waals surface area contributed by atoms with Gasteiger partial charge in [0.2, 0.25) is 0 Å². The van der Waals surface area contributed by atoms with Gasteiger partial charge in [0.05, 0.1) is 5.69 Å². The highest BCUT2D eigenvalue weighted by Crippen LogP contribution is 2.21. The third kappa shape index (κ3) is 6.05. The molecular weight excluding hydrogens is 476 g/mol. The second kappa shape index (κ2) is 10.8. The molecule has 9 nitrogen and oxygen atoms in total. The Balaban J connectivity index is 1.20. The number of aromatic nitrogens is 4. The van der Waals surface area contributed by atoms with Crippen molar-refractivity contribution in [2.75, 3.05) is 81.5 Å². The van der Waals surface area contributed by atoms with E-state index in [2.05, 4.69) is 32.8 Å². The summed E-state index contributed by atoms with van der Waals surface area (Å²) in [6, 6.07) is 7.48. The van der Waals surface area contributed by atoms with E-state index in [1.807, 2.05) is 30.0 Å². The maximum absolute atomic E-state index is 13.6. The van der Waals surface area contributed by atoms with Crippen molar-refractivity contribution in [3.63, 3.8) is 0 Å². The van der Waals surface area contributed by atoms with Gasteiger partial charge in [-0.15, -0.1) is 0 Å². The number of likely N-dealkylation sites (N-methyl/N-ethyl adjacent to an activating group) is 1. The van der Waals surface area contributed by atoms with Crippen LogP contribution in [0.15, 0.2) is 36.4 Å². The Morgan fingerprint density at radius 3 is 2.24 bits per heavy atom. The second-order valence-electron chi connectivity index (χ2n) is 9.68. The number of hydrogen-bond donors (Lipinski definition) is 1. The summed E-state index contributed by atoms with van der Waals surface area (Å²) in [6.45, 7) is 9.53. The Labute approximate surface area is 215 Å². The van der Waals surface area contributed by atoms with E-state index in [4.69, 9.17) is 15.8 Å². The largest absolute Gasteiger partial charge is 0.383 e. The molecule has 0 aliphatic carbocycles. The highest BCUT2D eigenvalue weighted by molar-refractivity contribution is 5.51. The predicted molar refractivity (Wildman–Crippen MR) is 142 cm³/mol. The Morgan fingerprint density at radius 2 is 1.54 bits per heavy atom. The van der Waals surface area contributed by atoms with Crippen molar-refractivity contribution in [3.8, 4) is 5.95 Å². The molecule has 0 amide bonds. The molecule has 5 rings (SSSR count). The van der Waals surface area contributed by atoms with Crippen LogP contribution in [0.1, 0.15) is 11.4 Å². The minimum Gasteiger partial charge on any atom is -0.383 e. The van der Waals surface area contributed by atoms with E-state index in [9.17, 15) is 8.78 Å². The van der Waals surface area contributed by atoms with E-state index in [-0.39, 0.29) is 0 Å². The fraction of sp³-hybridized carbons (Fsp3) is 0.423. The Kier molecular flexibility index (Phi) is 7.33. The Hall–Kier alpha value is -3.57. The SMILES string of the molecule is Cc1cc(/C=C/CN2CCN(c3cc(F)cc(F)c3)CC2)nn1-c1nc(N)cc(N2CCN(C)CC2)n1. The van der Waals surface area contributed by atoms with Gasteiger partial charge in [0, 0.05) is 82.4 Å². The molecule has 2 N–H and O–H groups in total. The molecule has 0 spiro atoms. The van der Waals surface area contributed by atoms with Gasteiger partial charge in [0.15, 0.2) is 0 Å². The number of nitrogen functional groups attached to an aromatic ring is 1. The van der Waals surface area contributed by atoms with Gasteiger partial charge in [0.1, 0.15) is 23.3 Å². The molecule has 0 bridgehead atoms.